The minimum Gasteiger partial charge on any atom is -0.490 e. The van der Waals surface area contributed by atoms with Crippen LogP contribution in [-0.4, -0.2) is 57.4 Å². The Bertz CT molecular complexity index is 602. The Morgan fingerprint density at radius 3 is 2.96 bits per heavy atom. The molecule has 26 heavy (non-hydrogen) atoms. The van der Waals surface area contributed by atoms with Crippen LogP contribution in [0.15, 0.2) is 23.2 Å². The monoisotopic (exact) mass is 361 g/mol. The van der Waals surface area contributed by atoms with Crippen LogP contribution in [0.25, 0.3) is 0 Å². The zero-order valence-electron chi connectivity index (χ0n) is 16.0. The number of ether oxygens (including phenoxy) is 3. The maximum atomic E-state index is 5.89. The fourth-order valence-corrected chi connectivity index (χ4v) is 2.85. The lowest BCUT2D eigenvalue weighted by Gasteiger charge is -2.22. The highest BCUT2D eigenvalue weighted by Gasteiger charge is 2.21. The molecule has 1 aliphatic carbocycles. The number of aliphatic imine (C=N–C) groups is 1. The minimum absolute atomic E-state index is 0.558. The van der Waals surface area contributed by atoms with Gasteiger partial charge in [-0.2, -0.15) is 0 Å². The first-order valence-corrected chi connectivity index (χ1v) is 9.72. The number of benzene rings is 1. The average Bonchev–Trinajstić information content (AvgIpc) is 3.48. The van der Waals surface area contributed by atoms with Crippen LogP contribution >= 0.6 is 0 Å². The second kappa shape index (κ2) is 9.67. The number of guanidine groups is 1. The number of hydrogen-bond acceptors (Lipinski definition) is 4. The number of rotatable bonds is 8. The SMILES string of the molecule is CCNC(=NCc1cccc2c1OCCCO2)N(C)CCOCC1CC1. The summed E-state index contributed by atoms with van der Waals surface area (Å²) >= 11 is 0. The molecule has 1 heterocycles. The molecule has 0 unspecified atom stereocenters. The van der Waals surface area contributed by atoms with E-state index in [4.69, 9.17) is 19.2 Å². The standard InChI is InChI=1S/C20H31N3O3/c1-3-21-20(23(2)10-13-24-15-16-8-9-16)22-14-17-6-4-7-18-19(17)26-12-5-11-25-18/h4,6-7,16H,3,5,8-15H2,1-2H3,(H,21,22). The Labute approximate surface area is 156 Å². The Morgan fingerprint density at radius 2 is 2.15 bits per heavy atom. The van der Waals surface area contributed by atoms with E-state index in [0.29, 0.717) is 19.8 Å². The van der Waals surface area contributed by atoms with Crippen molar-refractivity contribution in [2.24, 2.45) is 10.9 Å². The van der Waals surface area contributed by atoms with Gasteiger partial charge in [0, 0.05) is 38.7 Å². The molecule has 6 heteroatoms. The number of hydrogen-bond donors (Lipinski definition) is 1. The van der Waals surface area contributed by atoms with Crippen molar-refractivity contribution in [2.45, 2.75) is 32.7 Å². The lowest BCUT2D eigenvalue weighted by atomic mass is 10.2. The molecule has 1 N–H and O–H groups in total. The second-order valence-electron chi connectivity index (χ2n) is 6.90. The summed E-state index contributed by atoms with van der Waals surface area (Å²) in [6.45, 7) is 7.31. The van der Waals surface area contributed by atoms with Crippen LogP contribution in [-0.2, 0) is 11.3 Å². The quantitative estimate of drug-likeness (QED) is 0.438. The maximum absolute atomic E-state index is 5.89. The van der Waals surface area contributed by atoms with Crippen molar-refractivity contribution in [1.29, 1.82) is 0 Å². The van der Waals surface area contributed by atoms with Crippen LogP contribution in [0.1, 0.15) is 31.7 Å². The predicted octanol–water partition coefficient (Wildman–Crippen LogP) is 2.67. The first-order chi connectivity index (χ1) is 12.8. The van der Waals surface area contributed by atoms with Crippen LogP contribution in [0.4, 0.5) is 0 Å². The van der Waals surface area contributed by atoms with Crippen LogP contribution in [0.3, 0.4) is 0 Å². The molecule has 144 valence electrons. The van der Waals surface area contributed by atoms with Gasteiger partial charge in [-0.15, -0.1) is 0 Å². The highest BCUT2D eigenvalue weighted by molar-refractivity contribution is 5.79. The summed E-state index contributed by atoms with van der Waals surface area (Å²) in [6.07, 6.45) is 3.56. The summed E-state index contributed by atoms with van der Waals surface area (Å²) in [4.78, 5) is 6.91. The minimum atomic E-state index is 0.558. The Hall–Kier alpha value is -1.95. The van der Waals surface area contributed by atoms with Crippen LogP contribution in [0, 0.1) is 5.92 Å². The lowest BCUT2D eigenvalue weighted by Crippen LogP contribution is -2.40. The molecular formula is C20H31N3O3. The molecular weight excluding hydrogens is 330 g/mol. The van der Waals surface area contributed by atoms with Gasteiger partial charge >= 0.3 is 0 Å². The number of fused-ring (bicyclic) bond motifs is 1. The third-order valence-corrected chi connectivity index (χ3v) is 4.57. The van der Waals surface area contributed by atoms with Crippen molar-refractivity contribution in [1.82, 2.24) is 10.2 Å². The molecule has 1 aliphatic heterocycles. The molecule has 0 amide bonds. The van der Waals surface area contributed by atoms with Gasteiger partial charge in [0.15, 0.2) is 17.5 Å². The molecule has 0 radical (unpaired) electrons. The highest BCUT2D eigenvalue weighted by atomic mass is 16.5. The fraction of sp³-hybridized carbons (Fsp3) is 0.650. The average molecular weight is 361 g/mol. The molecule has 0 atom stereocenters. The van der Waals surface area contributed by atoms with Gasteiger partial charge in [0.2, 0.25) is 0 Å². The zero-order valence-corrected chi connectivity index (χ0v) is 16.0. The molecule has 1 saturated carbocycles. The summed E-state index contributed by atoms with van der Waals surface area (Å²) in [5.74, 6) is 3.34. The van der Waals surface area contributed by atoms with Gasteiger partial charge in [0.05, 0.1) is 26.4 Å². The third-order valence-electron chi connectivity index (χ3n) is 4.57. The zero-order chi connectivity index (χ0) is 18.2. The molecule has 0 saturated heterocycles. The van der Waals surface area contributed by atoms with Crippen LogP contribution in [0.2, 0.25) is 0 Å². The van der Waals surface area contributed by atoms with Gasteiger partial charge in [-0.25, -0.2) is 4.99 Å². The Kier molecular flexibility index (Phi) is 7.00. The Balaban J connectivity index is 1.59. The third kappa shape index (κ3) is 5.53. The van der Waals surface area contributed by atoms with E-state index in [1.807, 2.05) is 19.2 Å². The molecule has 0 aromatic heterocycles. The van der Waals surface area contributed by atoms with Crippen LogP contribution < -0.4 is 14.8 Å². The van der Waals surface area contributed by atoms with E-state index < -0.39 is 0 Å². The van der Waals surface area contributed by atoms with Gasteiger partial charge < -0.3 is 24.4 Å². The second-order valence-corrected chi connectivity index (χ2v) is 6.90. The summed E-state index contributed by atoms with van der Waals surface area (Å²) in [5.41, 5.74) is 1.05. The largest absolute Gasteiger partial charge is 0.490 e. The molecule has 3 rings (SSSR count). The van der Waals surface area contributed by atoms with E-state index in [2.05, 4.69) is 23.2 Å². The van der Waals surface area contributed by atoms with Gasteiger partial charge in [-0.3, -0.25) is 0 Å². The summed E-state index contributed by atoms with van der Waals surface area (Å²) in [5, 5.41) is 3.36. The van der Waals surface area contributed by atoms with E-state index in [-0.39, 0.29) is 0 Å². The van der Waals surface area contributed by atoms with Crippen molar-refractivity contribution < 1.29 is 14.2 Å². The van der Waals surface area contributed by atoms with Crippen molar-refractivity contribution >= 4 is 5.96 Å². The van der Waals surface area contributed by atoms with Gasteiger partial charge in [0.25, 0.3) is 0 Å². The highest BCUT2D eigenvalue weighted by Crippen LogP contribution is 2.33. The van der Waals surface area contributed by atoms with Crippen LogP contribution in [0.5, 0.6) is 11.5 Å². The lowest BCUT2D eigenvalue weighted by molar-refractivity contribution is 0.115. The number of nitrogens with one attached hydrogen (secondary N) is 1. The van der Waals surface area contributed by atoms with Crippen molar-refractivity contribution in [3.05, 3.63) is 23.8 Å². The Morgan fingerprint density at radius 1 is 1.31 bits per heavy atom. The van der Waals surface area contributed by atoms with Gasteiger partial charge in [-0.1, -0.05) is 12.1 Å². The van der Waals surface area contributed by atoms with E-state index >= 15 is 0 Å². The van der Waals surface area contributed by atoms with Gasteiger partial charge in [-0.05, 0) is 31.7 Å². The first kappa shape index (κ1) is 18.8. The molecule has 1 aromatic carbocycles. The van der Waals surface area contributed by atoms with Crippen molar-refractivity contribution in [3.63, 3.8) is 0 Å². The number of nitrogens with zero attached hydrogens (tertiary/aromatic N) is 2. The maximum Gasteiger partial charge on any atom is 0.194 e. The predicted molar refractivity (Wildman–Crippen MR) is 103 cm³/mol. The van der Waals surface area contributed by atoms with E-state index in [0.717, 1.165) is 61.7 Å². The molecule has 1 fully saturated rings. The summed E-state index contributed by atoms with van der Waals surface area (Å²) in [6, 6.07) is 6.02. The van der Waals surface area contributed by atoms with Crippen molar-refractivity contribution in [2.75, 3.05) is 46.6 Å². The molecule has 2 aliphatic rings. The summed E-state index contributed by atoms with van der Waals surface area (Å²) in [7, 11) is 2.05. The smallest absolute Gasteiger partial charge is 0.194 e. The van der Waals surface area contributed by atoms with E-state index in [1.54, 1.807) is 0 Å². The number of likely N-dealkylation sites (N-methyl/N-ethyl adjacent to an activating group) is 1. The summed E-state index contributed by atoms with van der Waals surface area (Å²) < 4.78 is 17.4. The number of para-hydroxylation sites is 1. The van der Waals surface area contributed by atoms with Crippen molar-refractivity contribution in [3.8, 4) is 11.5 Å². The van der Waals surface area contributed by atoms with E-state index in [1.165, 1.54) is 12.8 Å². The molecule has 1 aromatic rings. The normalized spacial score (nSPS) is 16.9. The first-order valence-electron chi connectivity index (χ1n) is 9.72. The molecule has 6 nitrogen and oxygen atoms in total. The fourth-order valence-electron chi connectivity index (χ4n) is 2.85. The van der Waals surface area contributed by atoms with Gasteiger partial charge in [0.1, 0.15) is 0 Å². The molecule has 0 bridgehead atoms. The topological polar surface area (TPSA) is 55.3 Å². The van der Waals surface area contributed by atoms with E-state index in [9.17, 15) is 0 Å². The molecule has 0 spiro atoms.